The van der Waals surface area contributed by atoms with Gasteiger partial charge < -0.3 is 4.90 Å². The predicted molar refractivity (Wildman–Crippen MR) is 115 cm³/mol. The third-order valence-corrected chi connectivity index (χ3v) is 8.05. The Labute approximate surface area is 165 Å². The second kappa shape index (κ2) is 6.99. The number of benzene rings is 2. The predicted octanol–water partition coefficient (Wildman–Crippen LogP) is 3.89. The number of hydrogen-bond donors (Lipinski definition) is 0. The zero-order valence-corrected chi connectivity index (χ0v) is 17.5. The smallest absolute Gasteiger partial charge is 0.164 e. The summed E-state index contributed by atoms with van der Waals surface area (Å²) in [6, 6.07) is 14.5. The Kier molecular flexibility index (Phi) is 4.80. The summed E-state index contributed by atoms with van der Waals surface area (Å²) in [5, 5.41) is 0.940. The lowest BCUT2D eigenvalue weighted by molar-refractivity contribution is 0.601. The Morgan fingerprint density at radius 1 is 1.07 bits per heavy atom. The highest BCUT2D eigenvalue weighted by molar-refractivity contribution is 8.13. The molecule has 0 bridgehead atoms. The standard InChI is InChI=1S/C21H24N2O2S2/c1-14-8-9-19(16(3)10-14)23-20-13-27(24,25)12-18(20)22-21(23)26-11-17-7-5-4-6-15(17)2/h4-10,18,20H,11-13H2,1-3H3/t18-,20+/m1/s1. The van der Waals surface area contributed by atoms with E-state index in [9.17, 15) is 8.42 Å². The van der Waals surface area contributed by atoms with E-state index < -0.39 is 9.84 Å². The summed E-state index contributed by atoms with van der Waals surface area (Å²) in [4.78, 5) is 7.01. The van der Waals surface area contributed by atoms with Crippen LogP contribution in [0.2, 0.25) is 0 Å². The third kappa shape index (κ3) is 3.65. The zero-order valence-electron chi connectivity index (χ0n) is 15.8. The van der Waals surface area contributed by atoms with Crippen molar-refractivity contribution in [1.29, 1.82) is 0 Å². The number of anilines is 1. The van der Waals surface area contributed by atoms with Gasteiger partial charge in [0.2, 0.25) is 0 Å². The number of amidine groups is 1. The molecule has 4 rings (SSSR count). The highest BCUT2D eigenvalue weighted by atomic mass is 32.2. The minimum Gasteiger partial charge on any atom is -0.315 e. The molecule has 2 atom stereocenters. The van der Waals surface area contributed by atoms with Gasteiger partial charge in [-0.25, -0.2) is 8.42 Å². The quantitative estimate of drug-likeness (QED) is 0.784. The van der Waals surface area contributed by atoms with Gasteiger partial charge in [-0.15, -0.1) is 0 Å². The van der Waals surface area contributed by atoms with Crippen molar-refractivity contribution in [2.24, 2.45) is 4.99 Å². The van der Waals surface area contributed by atoms with E-state index >= 15 is 0 Å². The fraction of sp³-hybridized carbons (Fsp3) is 0.381. The van der Waals surface area contributed by atoms with E-state index in [1.807, 2.05) is 6.07 Å². The highest BCUT2D eigenvalue weighted by Crippen LogP contribution is 2.37. The molecule has 142 valence electrons. The molecule has 0 amide bonds. The summed E-state index contributed by atoms with van der Waals surface area (Å²) < 4.78 is 24.4. The SMILES string of the molecule is Cc1ccc(N2C(SCc3ccccc3C)=N[C@@H]3CS(=O)(=O)C[C@@H]32)c(C)c1. The normalized spacial score (nSPS) is 23.4. The Morgan fingerprint density at radius 3 is 2.59 bits per heavy atom. The first-order valence-corrected chi connectivity index (χ1v) is 12.0. The number of thioether (sulfide) groups is 1. The van der Waals surface area contributed by atoms with Crippen LogP contribution in [0.1, 0.15) is 22.3 Å². The van der Waals surface area contributed by atoms with Gasteiger partial charge in [-0.05, 0) is 43.5 Å². The van der Waals surface area contributed by atoms with Crippen LogP contribution in [-0.4, -0.2) is 37.2 Å². The molecule has 2 aromatic carbocycles. The lowest BCUT2D eigenvalue weighted by Gasteiger charge is -2.28. The van der Waals surface area contributed by atoms with Crippen molar-refractivity contribution in [1.82, 2.24) is 0 Å². The topological polar surface area (TPSA) is 49.7 Å². The number of hydrogen-bond acceptors (Lipinski definition) is 5. The maximum atomic E-state index is 12.2. The fourth-order valence-electron chi connectivity index (χ4n) is 3.90. The van der Waals surface area contributed by atoms with Crippen molar-refractivity contribution in [3.63, 3.8) is 0 Å². The van der Waals surface area contributed by atoms with Crippen molar-refractivity contribution in [2.75, 3.05) is 16.4 Å². The molecular weight excluding hydrogens is 376 g/mol. The number of fused-ring (bicyclic) bond motifs is 1. The molecular formula is C21H24N2O2S2. The maximum absolute atomic E-state index is 12.2. The second-order valence-corrected chi connectivity index (χ2v) is 10.6. The lowest BCUT2D eigenvalue weighted by Crippen LogP contribution is -2.39. The van der Waals surface area contributed by atoms with E-state index in [0.717, 1.165) is 22.2 Å². The number of sulfone groups is 1. The van der Waals surface area contributed by atoms with Crippen LogP contribution in [-0.2, 0) is 15.6 Å². The van der Waals surface area contributed by atoms with Gasteiger partial charge in [0.15, 0.2) is 15.0 Å². The van der Waals surface area contributed by atoms with Gasteiger partial charge in [-0.2, -0.15) is 0 Å². The Hall–Kier alpha value is -1.79. The first kappa shape index (κ1) is 18.6. The van der Waals surface area contributed by atoms with Gasteiger partial charge in [0.1, 0.15) is 0 Å². The van der Waals surface area contributed by atoms with Crippen molar-refractivity contribution < 1.29 is 8.42 Å². The maximum Gasteiger partial charge on any atom is 0.164 e. The first-order chi connectivity index (χ1) is 12.8. The van der Waals surface area contributed by atoms with Crippen LogP contribution in [0.5, 0.6) is 0 Å². The molecule has 6 heteroatoms. The van der Waals surface area contributed by atoms with Crippen LogP contribution in [0.15, 0.2) is 47.5 Å². The minimum atomic E-state index is -3.02. The molecule has 0 aliphatic carbocycles. The van der Waals surface area contributed by atoms with Crippen LogP contribution in [0.25, 0.3) is 0 Å². The summed E-state index contributed by atoms with van der Waals surface area (Å²) >= 11 is 1.71. The summed E-state index contributed by atoms with van der Waals surface area (Å²) in [5.74, 6) is 1.18. The molecule has 0 radical (unpaired) electrons. The molecule has 1 saturated heterocycles. The van der Waals surface area contributed by atoms with Crippen LogP contribution >= 0.6 is 11.8 Å². The van der Waals surface area contributed by atoms with Crippen LogP contribution in [0.3, 0.4) is 0 Å². The number of rotatable bonds is 3. The molecule has 2 aliphatic heterocycles. The molecule has 0 aromatic heterocycles. The average Bonchev–Trinajstić information content (AvgIpc) is 3.06. The molecule has 2 heterocycles. The van der Waals surface area contributed by atoms with Gasteiger partial charge in [-0.1, -0.05) is 53.7 Å². The average molecular weight is 401 g/mol. The zero-order chi connectivity index (χ0) is 19.2. The lowest BCUT2D eigenvalue weighted by atomic mass is 10.1. The van der Waals surface area contributed by atoms with Crippen LogP contribution in [0, 0.1) is 20.8 Å². The van der Waals surface area contributed by atoms with Crippen LogP contribution in [0.4, 0.5) is 5.69 Å². The molecule has 27 heavy (non-hydrogen) atoms. The van der Waals surface area contributed by atoms with Crippen molar-refractivity contribution in [2.45, 2.75) is 38.6 Å². The van der Waals surface area contributed by atoms with Gasteiger partial charge in [0.05, 0.1) is 23.6 Å². The number of nitrogens with zero attached hydrogens (tertiary/aromatic N) is 2. The molecule has 0 saturated carbocycles. The fourth-order valence-corrected chi connectivity index (χ4v) is 6.94. The van der Waals surface area contributed by atoms with E-state index in [4.69, 9.17) is 4.99 Å². The van der Waals surface area contributed by atoms with E-state index in [1.54, 1.807) is 11.8 Å². The van der Waals surface area contributed by atoms with Gasteiger partial charge in [0, 0.05) is 11.4 Å². The Balaban J connectivity index is 1.66. The Bertz CT molecular complexity index is 1010. The van der Waals surface area contributed by atoms with E-state index in [0.29, 0.717) is 0 Å². The van der Waals surface area contributed by atoms with Gasteiger partial charge >= 0.3 is 0 Å². The summed E-state index contributed by atoms with van der Waals surface area (Å²) in [6.45, 7) is 6.28. The third-order valence-electron chi connectivity index (χ3n) is 5.34. The van der Waals surface area contributed by atoms with E-state index in [2.05, 4.69) is 62.1 Å². The summed E-state index contributed by atoms with van der Waals surface area (Å²) in [5.41, 5.74) is 5.99. The monoisotopic (exact) mass is 400 g/mol. The highest BCUT2D eigenvalue weighted by Gasteiger charge is 2.47. The molecule has 2 aromatic rings. The largest absolute Gasteiger partial charge is 0.315 e. The molecule has 0 unspecified atom stereocenters. The summed E-state index contributed by atoms with van der Waals surface area (Å²) in [7, 11) is -3.02. The molecule has 0 spiro atoms. The van der Waals surface area contributed by atoms with E-state index in [-0.39, 0.29) is 23.6 Å². The number of aliphatic imine (C=N–C) groups is 1. The van der Waals surface area contributed by atoms with E-state index in [1.165, 1.54) is 16.7 Å². The molecule has 4 nitrogen and oxygen atoms in total. The van der Waals surface area contributed by atoms with Crippen molar-refractivity contribution in [3.8, 4) is 0 Å². The first-order valence-electron chi connectivity index (χ1n) is 9.16. The van der Waals surface area contributed by atoms with Gasteiger partial charge in [0.25, 0.3) is 0 Å². The van der Waals surface area contributed by atoms with Gasteiger partial charge in [-0.3, -0.25) is 4.99 Å². The molecule has 1 fully saturated rings. The second-order valence-electron chi connectivity index (χ2n) is 7.50. The molecule has 2 aliphatic rings. The minimum absolute atomic E-state index is 0.0872. The number of aryl methyl sites for hydroxylation is 3. The van der Waals surface area contributed by atoms with Crippen molar-refractivity contribution >= 4 is 32.5 Å². The molecule has 0 N–H and O–H groups in total. The van der Waals surface area contributed by atoms with Crippen molar-refractivity contribution in [3.05, 3.63) is 64.7 Å². The summed E-state index contributed by atoms with van der Waals surface area (Å²) in [6.07, 6.45) is 0. The van der Waals surface area contributed by atoms with Crippen LogP contribution < -0.4 is 4.90 Å². The Morgan fingerprint density at radius 2 is 1.85 bits per heavy atom.